The fraction of sp³-hybridized carbons (Fsp3) is 0.385. The van der Waals surface area contributed by atoms with Crippen molar-refractivity contribution in [1.82, 2.24) is 0 Å². The molecule has 1 atom stereocenters. The van der Waals surface area contributed by atoms with E-state index in [-0.39, 0.29) is 10.7 Å². The molecule has 0 aromatic heterocycles. The van der Waals surface area contributed by atoms with Crippen LogP contribution in [0.2, 0.25) is 0 Å². The highest BCUT2D eigenvalue weighted by Gasteiger charge is 2.18. The number of hydrogen-bond donors (Lipinski definition) is 2. The summed E-state index contributed by atoms with van der Waals surface area (Å²) < 4.78 is 0. The number of nitrogens with one attached hydrogen (secondary N) is 1. The zero-order valence-corrected chi connectivity index (χ0v) is 12.0. The maximum absolute atomic E-state index is 11.9. The standard InChI is InChI=1S/C13H17BrN2O2/c1-8(2)7-10(14)13(18)16-11-6-4-3-5-9(11)12(15)17/h3-6,8,10H,7H2,1-2H3,(H2,15,17)(H,16,18)/t10-/m1/s1. The van der Waals surface area contributed by atoms with E-state index in [4.69, 9.17) is 5.73 Å². The SMILES string of the molecule is CC(C)C[C@@H](Br)C(=O)Nc1ccccc1C(N)=O. The highest BCUT2D eigenvalue weighted by Crippen LogP contribution is 2.18. The second kappa shape index (κ2) is 6.54. The molecule has 18 heavy (non-hydrogen) atoms. The Balaban J connectivity index is 2.79. The summed E-state index contributed by atoms with van der Waals surface area (Å²) >= 11 is 3.33. The van der Waals surface area contributed by atoms with Crippen LogP contribution in [0.1, 0.15) is 30.6 Å². The first-order valence-corrected chi connectivity index (χ1v) is 6.67. The van der Waals surface area contributed by atoms with Gasteiger partial charge in [-0.2, -0.15) is 0 Å². The molecule has 0 aliphatic rings. The molecule has 4 nitrogen and oxygen atoms in total. The number of rotatable bonds is 5. The third-order valence-corrected chi connectivity index (χ3v) is 3.20. The Labute approximate surface area is 115 Å². The number of alkyl halides is 1. The number of hydrogen-bond acceptors (Lipinski definition) is 2. The van der Waals surface area contributed by atoms with E-state index < -0.39 is 5.91 Å². The average molecular weight is 313 g/mol. The van der Waals surface area contributed by atoms with Crippen LogP contribution >= 0.6 is 15.9 Å². The minimum Gasteiger partial charge on any atom is -0.366 e. The lowest BCUT2D eigenvalue weighted by molar-refractivity contribution is -0.115. The molecule has 0 unspecified atom stereocenters. The number of para-hydroxylation sites is 1. The van der Waals surface area contributed by atoms with Gasteiger partial charge in [0.05, 0.1) is 16.1 Å². The van der Waals surface area contributed by atoms with E-state index >= 15 is 0 Å². The van der Waals surface area contributed by atoms with Crippen LogP contribution in [0.5, 0.6) is 0 Å². The molecule has 0 spiro atoms. The Bertz CT molecular complexity index is 446. The van der Waals surface area contributed by atoms with E-state index in [2.05, 4.69) is 21.2 Å². The van der Waals surface area contributed by atoms with Crippen LogP contribution in [-0.2, 0) is 4.79 Å². The van der Waals surface area contributed by atoms with E-state index in [9.17, 15) is 9.59 Å². The molecule has 98 valence electrons. The maximum atomic E-state index is 11.9. The molecule has 0 bridgehead atoms. The van der Waals surface area contributed by atoms with Gasteiger partial charge in [0.2, 0.25) is 5.91 Å². The first-order valence-electron chi connectivity index (χ1n) is 5.75. The van der Waals surface area contributed by atoms with Crippen LogP contribution in [0.25, 0.3) is 0 Å². The van der Waals surface area contributed by atoms with E-state index in [1.807, 2.05) is 13.8 Å². The molecular formula is C13H17BrN2O2. The number of benzene rings is 1. The van der Waals surface area contributed by atoms with Crippen LogP contribution in [0.3, 0.4) is 0 Å². The van der Waals surface area contributed by atoms with E-state index in [1.165, 1.54) is 0 Å². The predicted molar refractivity (Wildman–Crippen MR) is 75.8 cm³/mol. The van der Waals surface area contributed by atoms with Crippen LogP contribution in [0.4, 0.5) is 5.69 Å². The molecule has 0 aliphatic carbocycles. The molecule has 1 aromatic carbocycles. The fourth-order valence-corrected chi connectivity index (χ4v) is 2.40. The molecular weight excluding hydrogens is 296 g/mol. The van der Waals surface area contributed by atoms with Crippen molar-refractivity contribution in [3.63, 3.8) is 0 Å². The Morgan fingerprint density at radius 1 is 1.33 bits per heavy atom. The molecule has 2 amide bonds. The molecule has 3 N–H and O–H groups in total. The number of anilines is 1. The van der Waals surface area contributed by atoms with Crippen molar-refractivity contribution in [2.45, 2.75) is 25.1 Å². The number of nitrogens with two attached hydrogens (primary N) is 1. The van der Waals surface area contributed by atoms with Gasteiger partial charge in [0.15, 0.2) is 0 Å². The summed E-state index contributed by atoms with van der Waals surface area (Å²) in [4.78, 5) is 22.8. The number of carbonyl (C=O) groups excluding carboxylic acids is 2. The molecule has 0 heterocycles. The van der Waals surface area contributed by atoms with Crippen molar-refractivity contribution in [3.05, 3.63) is 29.8 Å². The van der Waals surface area contributed by atoms with E-state index in [0.29, 0.717) is 17.2 Å². The largest absolute Gasteiger partial charge is 0.366 e. The molecule has 1 aromatic rings. The van der Waals surface area contributed by atoms with Crippen LogP contribution in [-0.4, -0.2) is 16.6 Å². The summed E-state index contributed by atoms with van der Waals surface area (Å²) in [6.07, 6.45) is 0.727. The van der Waals surface area contributed by atoms with Gasteiger partial charge in [-0.1, -0.05) is 41.9 Å². The van der Waals surface area contributed by atoms with Gasteiger partial charge in [0.25, 0.3) is 5.91 Å². The van der Waals surface area contributed by atoms with Gasteiger partial charge in [0, 0.05) is 0 Å². The third kappa shape index (κ3) is 4.14. The summed E-state index contributed by atoms with van der Waals surface area (Å²) in [6, 6.07) is 6.69. The number of halogens is 1. The van der Waals surface area contributed by atoms with Crippen LogP contribution in [0, 0.1) is 5.92 Å². The van der Waals surface area contributed by atoms with Crippen molar-refractivity contribution < 1.29 is 9.59 Å². The molecule has 0 saturated carbocycles. The zero-order chi connectivity index (χ0) is 13.7. The topological polar surface area (TPSA) is 72.2 Å². The van der Waals surface area contributed by atoms with Gasteiger partial charge in [0.1, 0.15) is 0 Å². The van der Waals surface area contributed by atoms with Crippen molar-refractivity contribution in [2.75, 3.05) is 5.32 Å². The zero-order valence-electron chi connectivity index (χ0n) is 10.4. The highest BCUT2D eigenvalue weighted by molar-refractivity contribution is 9.10. The van der Waals surface area contributed by atoms with Gasteiger partial charge in [-0.3, -0.25) is 9.59 Å². The van der Waals surface area contributed by atoms with E-state index in [0.717, 1.165) is 6.42 Å². The van der Waals surface area contributed by atoms with Crippen molar-refractivity contribution in [3.8, 4) is 0 Å². The van der Waals surface area contributed by atoms with Crippen LogP contribution < -0.4 is 11.1 Å². The van der Waals surface area contributed by atoms with Crippen LogP contribution in [0.15, 0.2) is 24.3 Å². The molecule has 0 aliphatic heterocycles. The molecule has 5 heteroatoms. The molecule has 0 saturated heterocycles. The number of primary amides is 1. The van der Waals surface area contributed by atoms with Gasteiger partial charge in [-0.25, -0.2) is 0 Å². The summed E-state index contributed by atoms with van der Waals surface area (Å²) in [7, 11) is 0. The van der Waals surface area contributed by atoms with Gasteiger partial charge in [-0.05, 0) is 24.5 Å². The predicted octanol–water partition coefficient (Wildman–Crippen LogP) is 2.53. The van der Waals surface area contributed by atoms with E-state index in [1.54, 1.807) is 24.3 Å². The number of amides is 2. The van der Waals surface area contributed by atoms with Gasteiger partial charge < -0.3 is 11.1 Å². The van der Waals surface area contributed by atoms with Gasteiger partial charge >= 0.3 is 0 Å². The Morgan fingerprint density at radius 2 is 1.94 bits per heavy atom. The first kappa shape index (κ1) is 14.7. The summed E-state index contributed by atoms with van der Waals surface area (Å²) in [5.74, 6) is -0.315. The second-order valence-electron chi connectivity index (χ2n) is 4.50. The van der Waals surface area contributed by atoms with Crippen molar-refractivity contribution >= 4 is 33.4 Å². The minimum atomic E-state index is -0.555. The minimum absolute atomic E-state index is 0.169. The fourth-order valence-electron chi connectivity index (χ4n) is 1.54. The third-order valence-electron chi connectivity index (χ3n) is 2.41. The quantitative estimate of drug-likeness (QED) is 0.820. The average Bonchev–Trinajstić information content (AvgIpc) is 2.28. The molecule has 1 rings (SSSR count). The Morgan fingerprint density at radius 3 is 2.50 bits per heavy atom. The Hall–Kier alpha value is -1.36. The summed E-state index contributed by atoms with van der Waals surface area (Å²) in [6.45, 7) is 4.08. The van der Waals surface area contributed by atoms with Crippen molar-refractivity contribution in [1.29, 1.82) is 0 Å². The maximum Gasteiger partial charge on any atom is 0.250 e. The second-order valence-corrected chi connectivity index (χ2v) is 5.60. The van der Waals surface area contributed by atoms with Gasteiger partial charge in [-0.15, -0.1) is 0 Å². The summed E-state index contributed by atoms with van der Waals surface area (Å²) in [5.41, 5.74) is 6.01. The number of carbonyl (C=O) groups is 2. The normalized spacial score (nSPS) is 12.2. The molecule has 0 radical (unpaired) electrons. The Kier molecular flexibility index (Phi) is 5.34. The highest BCUT2D eigenvalue weighted by atomic mass is 79.9. The molecule has 0 fully saturated rings. The van der Waals surface area contributed by atoms with Crippen molar-refractivity contribution in [2.24, 2.45) is 11.7 Å². The lowest BCUT2D eigenvalue weighted by Crippen LogP contribution is -2.26. The smallest absolute Gasteiger partial charge is 0.250 e. The lowest BCUT2D eigenvalue weighted by atomic mass is 10.1. The monoisotopic (exact) mass is 312 g/mol. The first-order chi connectivity index (χ1) is 8.41. The lowest BCUT2D eigenvalue weighted by Gasteiger charge is -2.14. The summed E-state index contributed by atoms with van der Waals surface area (Å²) in [5, 5.41) is 2.71.